The molecule has 0 saturated heterocycles. The summed E-state index contributed by atoms with van der Waals surface area (Å²) >= 11 is 8.02. The molecular formula is C10H12ClNS. The highest BCUT2D eigenvalue weighted by atomic mass is 35.5. The van der Waals surface area contributed by atoms with E-state index >= 15 is 0 Å². The standard InChI is InChI=1S/C10H12ClNS/c11-9-3-1-2-7-8(9)6-13-5-4-10(7)12/h1-3,10H,4-6,12H2/t10-/m0/s1. The highest BCUT2D eigenvalue weighted by Gasteiger charge is 2.16. The van der Waals surface area contributed by atoms with Gasteiger partial charge in [-0.3, -0.25) is 0 Å². The zero-order chi connectivity index (χ0) is 9.26. The molecule has 0 aliphatic carbocycles. The summed E-state index contributed by atoms with van der Waals surface area (Å²) in [6.07, 6.45) is 1.05. The number of fused-ring (bicyclic) bond motifs is 1. The Hall–Kier alpha value is -0.180. The molecule has 2 N–H and O–H groups in total. The minimum Gasteiger partial charge on any atom is -0.324 e. The number of benzene rings is 1. The van der Waals surface area contributed by atoms with Crippen LogP contribution in [0.15, 0.2) is 18.2 Å². The fourth-order valence-electron chi connectivity index (χ4n) is 1.62. The average Bonchev–Trinajstić information content (AvgIpc) is 2.30. The molecule has 0 saturated carbocycles. The van der Waals surface area contributed by atoms with Gasteiger partial charge in [0.1, 0.15) is 0 Å². The smallest absolute Gasteiger partial charge is 0.0449 e. The van der Waals surface area contributed by atoms with Crippen LogP contribution in [0, 0.1) is 0 Å². The van der Waals surface area contributed by atoms with Crippen molar-refractivity contribution in [3.8, 4) is 0 Å². The molecule has 1 aliphatic heterocycles. The van der Waals surface area contributed by atoms with Crippen molar-refractivity contribution in [1.29, 1.82) is 0 Å². The van der Waals surface area contributed by atoms with E-state index in [9.17, 15) is 0 Å². The largest absolute Gasteiger partial charge is 0.324 e. The van der Waals surface area contributed by atoms with Gasteiger partial charge in [-0.05, 0) is 29.4 Å². The van der Waals surface area contributed by atoms with E-state index in [4.69, 9.17) is 17.3 Å². The van der Waals surface area contributed by atoms with Crippen LogP contribution in [-0.2, 0) is 5.75 Å². The lowest BCUT2D eigenvalue weighted by molar-refractivity contribution is 0.705. The first kappa shape index (κ1) is 9.38. The first-order valence-electron chi connectivity index (χ1n) is 4.39. The maximum atomic E-state index is 6.11. The molecule has 0 spiro atoms. The number of nitrogens with two attached hydrogens (primary N) is 1. The van der Waals surface area contributed by atoms with Crippen molar-refractivity contribution in [1.82, 2.24) is 0 Å². The van der Waals surface area contributed by atoms with Gasteiger partial charge in [0.15, 0.2) is 0 Å². The van der Waals surface area contributed by atoms with Crippen molar-refractivity contribution in [2.45, 2.75) is 18.2 Å². The van der Waals surface area contributed by atoms with E-state index in [0.717, 1.165) is 22.9 Å². The van der Waals surface area contributed by atoms with Crippen molar-refractivity contribution in [3.63, 3.8) is 0 Å². The molecular weight excluding hydrogens is 202 g/mol. The number of hydrogen-bond donors (Lipinski definition) is 1. The molecule has 1 atom stereocenters. The van der Waals surface area contributed by atoms with Gasteiger partial charge in [0.2, 0.25) is 0 Å². The van der Waals surface area contributed by atoms with Gasteiger partial charge in [0.05, 0.1) is 0 Å². The molecule has 2 rings (SSSR count). The van der Waals surface area contributed by atoms with Crippen LogP contribution in [-0.4, -0.2) is 5.75 Å². The quantitative estimate of drug-likeness (QED) is 0.717. The van der Waals surface area contributed by atoms with Gasteiger partial charge in [-0.25, -0.2) is 0 Å². The second-order valence-corrected chi connectivity index (χ2v) is 4.77. The third-order valence-corrected chi connectivity index (χ3v) is 3.75. The van der Waals surface area contributed by atoms with Gasteiger partial charge >= 0.3 is 0 Å². The van der Waals surface area contributed by atoms with Gasteiger partial charge in [-0.15, -0.1) is 0 Å². The fourth-order valence-corrected chi connectivity index (χ4v) is 3.03. The predicted octanol–water partition coefficient (Wildman–Crippen LogP) is 2.98. The van der Waals surface area contributed by atoms with Gasteiger partial charge < -0.3 is 5.73 Å². The molecule has 0 bridgehead atoms. The molecule has 0 aromatic heterocycles. The molecule has 1 heterocycles. The lowest BCUT2D eigenvalue weighted by Gasteiger charge is -2.12. The van der Waals surface area contributed by atoms with Gasteiger partial charge in [-0.2, -0.15) is 11.8 Å². The van der Waals surface area contributed by atoms with Crippen LogP contribution < -0.4 is 5.73 Å². The number of halogens is 1. The van der Waals surface area contributed by atoms with E-state index in [1.54, 1.807) is 0 Å². The van der Waals surface area contributed by atoms with E-state index in [1.807, 2.05) is 23.9 Å². The van der Waals surface area contributed by atoms with Crippen molar-refractivity contribution >= 4 is 23.4 Å². The van der Waals surface area contributed by atoms with E-state index in [0.29, 0.717) is 0 Å². The summed E-state index contributed by atoms with van der Waals surface area (Å²) in [4.78, 5) is 0. The molecule has 1 aromatic rings. The lowest BCUT2D eigenvalue weighted by atomic mass is 10.0. The molecule has 0 radical (unpaired) electrons. The lowest BCUT2D eigenvalue weighted by Crippen LogP contribution is -2.11. The fraction of sp³-hybridized carbons (Fsp3) is 0.400. The van der Waals surface area contributed by atoms with Crippen LogP contribution in [0.5, 0.6) is 0 Å². The number of hydrogen-bond acceptors (Lipinski definition) is 2. The maximum Gasteiger partial charge on any atom is 0.0449 e. The van der Waals surface area contributed by atoms with E-state index in [2.05, 4.69) is 6.07 Å². The van der Waals surface area contributed by atoms with Gasteiger partial charge in [-0.1, -0.05) is 23.7 Å². The molecule has 3 heteroatoms. The van der Waals surface area contributed by atoms with Crippen LogP contribution >= 0.6 is 23.4 Å². The third kappa shape index (κ3) is 1.85. The Kier molecular flexibility index (Phi) is 2.82. The second-order valence-electron chi connectivity index (χ2n) is 3.26. The molecule has 1 aromatic carbocycles. The van der Waals surface area contributed by atoms with Crippen molar-refractivity contribution in [3.05, 3.63) is 34.3 Å². The summed E-state index contributed by atoms with van der Waals surface area (Å²) in [5, 5.41) is 0.863. The summed E-state index contributed by atoms with van der Waals surface area (Å²) in [5.41, 5.74) is 8.51. The summed E-state index contributed by atoms with van der Waals surface area (Å²) < 4.78 is 0. The molecule has 1 nitrogen and oxygen atoms in total. The van der Waals surface area contributed by atoms with E-state index in [-0.39, 0.29) is 6.04 Å². The Balaban J connectivity index is 2.47. The van der Waals surface area contributed by atoms with Crippen LogP contribution in [0.3, 0.4) is 0 Å². The van der Waals surface area contributed by atoms with Crippen LogP contribution in [0.2, 0.25) is 5.02 Å². The van der Waals surface area contributed by atoms with Crippen LogP contribution in [0.4, 0.5) is 0 Å². The molecule has 1 aliphatic rings. The Labute approximate surface area is 87.7 Å². The molecule has 0 fully saturated rings. The highest BCUT2D eigenvalue weighted by molar-refractivity contribution is 7.98. The molecule has 13 heavy (non-hydrogen) atoms. The number of thioether (sulfide) groups is 1. The second kappa shape index (κ2) is 3.91. The molecule has 0 amide bonds. The highest BCUT2D eigenvalue weighted by Crippen LogP contribution is 2.33. The summed E-state index contributed by atoms with van der Waals surface area (Å²) in [6, 6.07) is 6.19. The molecule has 70 valence electrons. The van der Waals surface area contributed by atoms with Gasteiger partial charge in [0, 0.05) is 16.8 Å². The monoisotopic (exact) mass is 213 g/mol. The normalized spacial score (nSPS) is 22.2. The van der Waals surface area contributed by atoms with Crippen LogP contribution in [0.1, 0.15) is 23.6 Å². The molecule has 0 unspecified atom stereocenters. The predicted molar refractivity (Wildman–Crippen MR) is 59.2 cm³/mol. The zero-order valence-electron chi connectivity index (χ0n) is 7.29. The van der Waals surface area contributed by atoms with Crippen molar-refractivity contribution in [2.75, 3.05) is 5.75 Å². The summed E-state index contributed by atoms with van der Waals surface area (Å²) in [7, 11) is 0. The third-order valence-electron chi connectivity index (χ3n) is 2.37. The minimum atomic E-state index is 0.170. The maximum absolute atomic E-state index is 6.11. The zero-order valence-corrected chi connectivity index (χ0v) is 8.87. The number of rotatable bonds is 0. The van der Waals surface area contributed by atoms with Gasteiger partial charge in [0.25, 0.3) is 0 Å². The Morgan fingerprint density at radius 2 is 2.31 bits per heavy atom. The minimum absolute atomic E-state index is 0.170. The van der Waals surface area contributed by atoms with E-state index < -0.39 is 0 Å². The summed E-state index contributed by atoms with van der Waals surface area (Å²) in [6.45, 7) is 0. The first-order chi connectivity index (χ1) is 6.29. The Morgan fingerprint density at radius 3 is 3.15 bits per heavy atom. The van der Waals surface area contributed by atoms with Crippen LogP contribution in [0.25, 0.3) is 0 Å². The van der Waals surface area contributed by atoms with Crippen molar-refractivity contribution < 1.29 is 0 Å². The van der Waals surface area contributed by atoms with Crippen molar-refractivity contribution in [2.24, 2.45) is 5.73 Å². The Bertz CT molecular complexity index is 314. The van der Waals surface area contributed by atoms with E-state index in [1.165, 1.54) is 11.1 Å². The Morgan fingerprint density at radius 1 is 1.46 bits per heavy atom. The SMILES string of the molecule is N[C@H]1CCSCc2c(Cl)cccc21. The topological polar surface area (TPSA) is 26.0 Å². The average molecular weight is 214 g/mol. The summed E-state index contributed by atoms with van der Waals surface area (Å²) in [5.74, 6) is 2.13. The first-order valence-corrected chi connectivity index (χ1v) is 5.93.